The summed E-state index contributed by atoms with van der Waals surface area (Å²) >= 11 is 0. The first-order valence-electron chi connectivity index (χ1n) is 6.42. The van der Waals surface area contributed by atoms with Crippen molar-refractivity contribution in [3.8, 4) is 11.5 Å². The molecule has 104 valence electrons. The minimum atomic E-state index is -0.197. The van der Waals surface area contributed by atoms with Crippen LogP contribution < -0.4 is 20.1 Å². The summed E-state index contributed by atoms with van der Waals surface area (Å²) in [5.41, 5.74) is 7.35. The molecule has 0 aromatic heterocycles. The van der Waals surface area contributed by atoms with Crippen LogP contribution in [0.5, 0.6) is 11.5 Å². The van der Waals surface area contributed by atoms with Crippen LogP contribution in [0.1, 0.15) is 12.5 Å². The van der Waals surface area contributed by atoms with Gasteiger partial charge in [0.2, 0.25) is 5.91 Å². The van der Waals surface area contributed by atoms with Gasteiger partial charge in [0.05, 0.1) is 5.69 Å². The van der Waals surface area contributed by atoms with Gasteiger partial charge in [-0.15, -0.1) is 0 Å². The Balaban J connectivity index is 2.31. The number of fused-ring (bicyclic) bond motifs is 1. The van der Waals surface area contributed by atoms with Crippen molar-refractivity contribution in [2.75, 3.05) is 31.7 Å². The molecule has 1 heterocycles. The number of nitrogens with zero attached hydrogens (tertiary/aromatic N) is 1. The Kier molecular flexibility index (Phi) is 3.95. The Morgan fingerprint density at radius 1 is 1.37 bits per heavy atom. The lowest BCUT2D eigenvalue weighted by atomic mass is 10.1. The standard InChI is InChI=1S/C14H20N2O3/c1-9-6-12-13(19-5-4-18-12)7-11(9)16(3)14(17)10(2)8-15/h6-7,10H,4-5,8,15H2,1-3H3. The molecule has 1 aliphatic rings. The maximum Gasteiger partial charge on any atom is 0.230 e. The molecule has 2 N–H and O–H groups in total. The smallest absolute Gasteiger partial charge is 0.230 e. The number of nitrogens with two attached hydrogens (primary N) is 1. The van der Waals surface area contributed by atoms with Crippen molar-refractivity contribution < 1.29 is 14.3 Å². The van der Waals surface area contributed by atoms with Gasteiger partial charge in [-0.2, -0.15) is 0 Å². The molecule has 2 rings (SSSR count). The summed E-state index contributed by atoms with van der Waals surface area (Å²) in [7, 11) is 1.76. The molecule has 0 saturated heterocycles. The van der Waals surface area contributed by atoms with Crippen molar-refractivity contribution in [2.45, 2.75) is 13.8 Å². The number of hydrogen-bond acceptors (Lipinski definition) is 4. The Morgan fingerprint density at radius 3 is 2.53 bits per heavy atom. The minimum Gasteiger partial charge on any atom is -0.486 e. The van der Waals surface area contributed by atoms with Crippen LogP contribution >= 0.6 is 0 Å². The van der Waals surface area contributed by atoms with E-state index in [0.717, 1.165) is 17.0 Å². The van der Waals surface area contributed by atoms with E-state index in [-0.39, 0.29) is 11.8 Å². The molecule has 1 atom stereocenters. The van der Waals surface area contributed by atoms with E-state index >= 15 is 0 Å². The van der Waals surface area contributed by atoms with Crippen LogP contribution in [-0.4, -0.2) is 32.7 Å². The van der Waals surface area contributed by atoms with Crippen LogP contribution in [0, 0.1) is 12.8 Å². The first kappa shape index (κ1) is 13.7. The number of carbonyl (C=O) groups excluding carboxylic acids is 1. The second-order valence-electron chi connectivity index (χ2n) is 4.82. The van der Waals surface area contributed by atoms with Gasteiger partial charge in [0, 0.05) is 25.6 Å². The van der Waals surface area contributed by atoms with Crippen LogP contribution in [0.4, 0.5) is 5.69 Å². The van der Waals surface area contributed by atoms with Gasteiger partial charge in [0.25, 0.3) is 0 Å². The predicted octanol–water partition coefficient (Wildman–Crippen LogP) is 1.32. The Bertz CT molecular complexity index is 488. The molecular formula is C14H20N2O3. The SMILES string of the molecule is Cc1cc2c(cc1N(C)C(=O)C(C)CN)OCCO2. The van der Waals surface area contributed by atoms with Crippen LogP contribution in [0.25, 0.3) is 0 Å². The summed E-state index contributed by atoms with van der Waals surface area (Å²) in [4.78, 5) is 13.8. The van der Waals surface area contributed by atoms with Crippen molar-refractivity contribution in [1.82, 2.24) is 0 Å². The maximum absolute atomic E-state index is 12.2. The molecule has 1 unspecified atom stereocenters. The molecule has 0 bridgehead atoms. The third-order valence-electron chi connectivity index (χ3n) is 3.33. The van der Waals surface area contributed by atoms with Gasteiger partial charge in [-0.25, -0.2) is 0 Å². The highest BCUT2D eigenvalue weighted by Gasteiger charge is 2.21. The zero-order chi connectivity index (χ0) is 14.0. The van der Waals surface area contributed by atoms with E-state index < -0.39 is 0 Å². The molecule has 1 amide bonds. The molecule has 1 aliphatic heterocycles. The van der Waals surface area contributed by atoms with Crippen LogP contribution in [0.15, 0.2) is 12.1 Å². The quantitative estimate of drug-likeness (QED) is 0.894. The fraction of sp³-hybridized carbons (Fsp3) is 0.500. The summed E-state index contributed by atoms with van der Waals surface area (Å²) in [5, 5.41) is 0. The molecule has 0 fully saturated rings. The van der Waals surface area contributed by atoms with Gasteiger partial charge >= 0.3 is 0 Å². The maximum atomic E-state index is 12.2. The van der Waals surface area contributed by atoms with Crippen LogP contribution in [0.3, 0.4) is 0 Å². The van der Waals surface area contributed by atoms with Crippen LogP contribution in [-0.2, 0) is 4.79 Å². The number of aryl methyl sites for hydroxylation is 1. The van der Waals surface area contributed by atoms with Gasteiger partial charge in [0.15, 0.2) is 11.5 Å². The fourth-order valence-electron chi connectivity index (χ4n) is 2.09. The van der Waals surface area contributed by atoms with Crippen molar-refractivity contribution in [1.29, 1.82) is 0 Å². The number of benzene rings is 1. The van der Waals surface area contributed by atoms with E-state index in [1.807, 2.05) is 26.0 Å². The first-order chi connectivity index (χ1) is 9.04. The highest BCUT2D eigenvalue weighted by atomic mass is 16.6. The summed E-state index contributed by atoms with van der Waals surface area (Å²) in [6.45, 7) is 5.21. The molecule has 5 heteroatoms. The van der Waals surface area contributed by atoms with Crippen molar-refractivity contribution in [3.05, 3.63) is 17.7 Å². The summed E-state index contributed by atoms with van der Waals surface area (Å²) in [6, 6.07) is 3.76. The summed E-state index contributed by atoms with van der Waals surface area (Å²) < 4.78 is 11.1. The topological polar surface area (TPSA) is 64.8 Å². The number of hydrogen-bond donors (Lipinski definition) is 1. The summed E-state index contributed by atoms with van der Waals surface area (Å²) in [6.07, 6.45) is 0. The number of carbonyl (C=O) groups is 1. The number of rotatable bonds is 3. The zero-order valence-electron chi connectivity index (χ0n) is 11.6. The number of anilines is 1. The number of ether oxygens (including phenoxy) is 2. The van der Waals surface area contributed by atoms with E-state index in [9.17, 15) is 4.79 Å². The Hall–Kier alpha value is -1.75. The third kappa shape index (κ3) is 2.66. The average Bonchev–Trinajstić information content (AvgIpc) is 2.44. The van der Waals surface area contributed by atoms with Crippen LogP contribution in [0.2, 0.25) is 0 Å². The van der Waals surface area contributed by atoms with Crippen molar-refractivity contribution in [3.63, 3.8) is 0 Å². The van der Waals surface area contributed by atoms with Crippen molar-refractivity contribution >= 4 is 11.6 Å². The molecule has 0 aliphatic carbocycles. The first-order valence-corrected chi connectivity index (χ1v) is 6.42. The lowest BCUT2D eigenvalue weighted by molar-refractivity contribution is -0.121. The predicted molar refractivity (Wildman–Crippen MR) is 73.8 cm³/mol. The highest BCUT2D eigenvalue weighted by molar-refractivity contribution is 5.95. The second-order valence-corrected chi connectivity index (χ2v) is 4.82. The Morgan fingerprint density at radius 2 is 1.95 bits per heavy atom. The number of amides is 1. The van der Waals surface area contributed by atoms with Crippen molar-refractivity contribution in [2.24, 2.45) is 11.7 Å². The Labute approximate surface area is 113 Å². The molecule has 19 heavy (non-hydrogen) atoms. The van der Waals surface area contributed by atoms with Gasteiger partial charge < -0.3 is 20.1 Å². The summed E-state index contributed by atoms with van der Waals surface area (Å²) in [5.74, 6) is 1.23. The monoisotopic (exact) mass is 264 g/mol. The molecule has 0 radical (unpaired) electrons. The molecule has 1 aromatic rings. The van der Waals surface area contributed by atoms with Gasteiger partial charge in [-0.3, -0.25) is 4.79 Å². The van der Waals surface area contributed by atoms with E-state index in [4.69, 9.17) is 15.2 Å². The lowest BCUT2D eigenvalue weighted by Crippen LogP contribution is -2.35. The normalized spacial score (nSPS) is 14.9. The van der Waals surface area contributed by atoms with Gasteiger partial charge in [-0.1, -0.05) is 6.92 Å². The highest BCUT2D eigenvalue weighted by Crippen LogP contribution is 2.36. The fourth-order valence-corrected chi connectivity index (χ4v) is 2.09. The molecule has 1 aromatic carbocycles. The largest absolute Gasteiger partial charge is 0.486 e. The van der Waals surface area contributed by atoms with E-state index in [0.29, 0.717) is 25.5 Å². The minimum absolute atomic E-state index is 0.00211. The zero-order valence-corrected chi connectivity index (χ0v) is 11.6. The molecule has 5 nitrogen and oxygen atoms in total. The molecule has 0 saturated carbocycles. The van der Waals surface area contributed by atoms with E-state index in [1.54, 1.807) is 11.9 Å². The van der Waals surface area contributed by atoms with Gasteiger partial charge in [-0.05, 0) is 18.6 Å². The lowest BCUT2D eigenvalue weighted by Gasteiger charge is -2.25. The molecule has 0 spiro atoms. The van der Waals surface area contributed by atoms with Gasteiger partial charge in [0.1, 0.15) is 13.2 Å². The van der Waals surface area contributed by atoms with E-state index in [1.165, 1.54) is 0 Å². The van der Waals surface area contributed by atoms with E-state index in [2.05, 4.69) is 0 Å². The third-order valence-corrected chi connectivity index (χ3v) is 3.33. The second kappa shape index (κ2) is 5.48. The average molecular weight is 264 g/mol. The molecular weight excluding hydrogens is 244 g/mol.